The van der Waals surface area contributed by atoms with Crippen LogP contribution in [-0.2, 0) is 0 Å². The summed E-state index contributed by atoms with van der Waals surface area (Å²) < 4.78 is 15.5. The largest absolute Gasteiger partial charge is 0.399 e. The van der Waals surface area contributed by atoms with Crippen LogP contribution in [0.4, 0.5) is 10.1 Å². The van der Waals surface area contributed by atoms with Gasteiger partial charge in [0.1, 0.15) is 11.5 Å². The molecular formula is C15H14FN5. The molecular weight excluding hydrogens is 269 g/mol. The average Bonchev–Trinajstić information content (AvgIpc) is 2.87. The van der Waals surface area contributed by atoms with Gasteiger partial charge in [-0.25, -0.2) is 4.39 Å². The third kappa shape index (κ3) is 2.35. The molecule has 2 N–H and O–H groups in total. The molecule has 6 heteroatoms. The highest BCUT2D eigenvalue weighted by Crippen LogP contribution is 2.25. The number of nitrogen functional groups attached to an aromatic ring is 1. The summed E-state index contributed by atoms with van der Waals surface area (Å²) in [6.45, 7) is 3.74. The van der Waals surface area contributed by atoms with Crippen molar-refractivity contribution in [2.24, 2.45) is 0 Å². The van der Waals surface area contributed by atoms with Gasteiger partial charge in [-0.2, -0.15) is 4.68 Å². The van der Waals surface area contributed by atoms with Crippen molar-refractivity contribution in [2.45, 2.75) is 13.8 Å². The summed E-state index contributed by atoms with van der Waals surface area (Å²) in [6, 6.07) is 10.4. The highest BCUT2D eigenvalue weighted by Gasteiger charge is 2.15. The molecule has 0 aliphatic rings. The smallest absolute Gasteiger partial charge is 0.187 e. The molecule has 0 unspecified atom stereocenters. The molecule has 0 aliphatic heterocycles. The Morgan fingerprint density at radius 3 is 2.62 bits per heavy atom. The van der Waals surface area contributed by atoms with E-state index in [0.717, 1.165) is 16.7 Å². The summed E-state index contributed by atoms with van der Waals surface area (Å²) in [7, 11) is 0. The van der Waals surface area contributed by atoms with E-state index in [1.807, 2.05) is 32.0 Å². The van der Waals surface area contributed by atoms with E-state index in [1.54, 1.807) is 12.1 Å². The van der Waals surface area contributed by atoms with E-state index >= 15 is 0 Å². The van der Waals surface area contributed by atoms with Gasteiger partial charge in [-0.1, -0.05) is 6.07 Å². The van der Waals surface area contributed by atoms with Crippen molar-refractivity contribution in [3.63, 3.8) is 0 Å². The Kier molecular flexibility index (Phi) is 3.13. The number of aromatic nitrogens is 4. The Morgan fingerprint density at radius 1 is 1.10 bits per heavy atom. The fraction of sp³-hybridized carbons (Fsp3) is 0.133. The van der Waals surface area contributed by atoms with E-state index in [-0.39, 0.29) is 5.82 Å². The van der Waals surface area contributed by atoms with Crippen LogP contribution in [0.15, 0.2) is 36.4 Å². The molecule has 106 valence electrons. The summed E-state index contributed by atoms with van der Waals surface area (Å²) >= 11 is 0. The standard InChI is InChI=1S/C15H14FN5/c1-9-3-6-14(13(16)7-9)21-15(18-19-20-21)12-5-4-11(17)8-10(12)2/h3-8H,17H2,1-2H3. The number of aryl methyl sites for hydroxylation is 2. The Labute approximate surface area is 121 Å². The topological polar surface area (TPSA) is 69.6 Å². The van der Waals surface area contributed by atoms with Gasteiger partial charge in [-0.3, -0.25) is 0 Å². The Morgan fingerprint density at radius 2 is 1.90 bits per heavy atom. The van der Waals surface area contributed by atoms with Crippen LogP contribution in [0.3, 0.4) is 0 Å². The summed E-state index contributed by atoms with van der Waals surface area (Å²) in [5.74, 6) is 0.118. The summed E-state index contributed by atoms with van der Waals surface area (Å²) in [5, 5.41) is 11.6. The molecule has 1 heterocycles. The van der Waals surface area contributed by atoms with Crippen LogP contribution in [-0.4, -0.2) is 20.2 Å². The zero-order valence-electron chi connectivity index (χ0n) is 11.7. The van der Waals surface area contributed by atoms with Gasteiger partial charge in [0.2, 0.25) is 0 Å². The fourth-order valence-corrected chi connectivity index (χ4v) is 2.24. The Bertz CT molecular complexity index is 744. The van der Waals surface area contributed by atoms with Gasteiger partial charge in [0.25, 0.3) is 0 Å². The van der Waals surface area contributed by atoms with E-state index < -0.39 is 0 Å². The van der Waals surface area contributed by atoms with Crippen LogP contribution in [0.1, 0.15) is 11.1 Å². The first-order chi connectivity index (χ1) is 10.1. The van der Waals surface area contributed by atoms with Gasteiger partial charge in [0.05, 0.1) is 0 Å². The monoisotopic (exact) mass is 283 g/mol. The summed E-state index contributed by atoms with van der Waals surface area (Å²) in [4.78, 5) is 0. The second-order valence-corrected chi connectivity index (χ2v) is 4.94. The number of hydrogen-bond donors (Lipinski definition) is 1. The molecule has 1 aromatic heterocycles. The van der Waals surface area contributed by atoms with Crippen LogP contribution in [0.5, 0.6) is 0 Å². The second kappa shape index (κ2) is 4.97. The lowest BCUT2D eigenvalue weighted by atomic mass is 10.1. The van der Waals surface area contributed by atoms with E-state index in [4.69, 9.17) is 5.73 Å². The SMILES string of the molecule is Cc1ccc(-n2nnnc2-c2ccc(N)cc2C)c(F)c1. The molecule has 0 spiro atoms. The molecule has 0 amide bonds. The molecule has 3 aromatic rings. The van der Waals surface area contributed by atoms with E-state index in [0.29, 0.717) is 17.2 Å². The van der Waals surface area contributed by atoms with Gasteiger partial charge in [-0.05, 0) is 65.7 Å². The highest BCUT2D eigenvalue weighted by molar-refractivity contribution is 5.65. The van der Waals surface area contributed by atoms with Crippen LogP contribution < -0.4 is 5.73 Å². The maximum absolute atomic E-state index is 14.1. The van der Waals surface area contributed by atoms with Gasteiger partial charge >= 0.3 is 0 Å². The number of rotatable bonds is 2. The van der Waals surface area contributed by atoms with Crippen LogP contribution in [0.2, 0.25) is 0 Å². The first kappa shape index (κ1) is 13.2. The first-order valence-corrected chi connectivity index (χ1v) is 6.47. The third-order valence-electron chi connectivity index (χ3n) is 3.29. The number of halogens is 1. The summed E-state index contributed by atoms with van der Waals surface area (Å²) in [5.41, 5.74) is 9.32. The molecule has 21 heavy (non-hydrogen) atoms. The minimum Gasteiger partial charge on any atom is -0.399 e. The molecule has 0 fully saturated rings. The van der Waals surface area contributed by atoms with Gasteiger partial charge < -0.3 is 5.73 Å². The van der Waals surface area contributed by atoms with Crippen molar-refractivity contribution in [1.82, 2.24) is 20.2 Å². The zero-order chi connectivity index (χ0) is 15.0. The lowest BCUT2D eigenvalue weighted by Gasteiger charge is -2.09. The Hall–Kier alpha value is -2.76. The number of hydrogen-bond acceptors (Lipinski definition) is 4. The maximum Gasteiger partial charge on any atom is 0.187 e. The zero-order valence-corrected chi connectivity index (χ0v) is 11.7. The lowest BCUT2D eigenvalue weighted by Crippen LogP contribution is -2.04. The van der Waals surface area contributed by atoms with Crippen LogP contribution >= 0.6 is 0 Å². The van der Waals surface area contributed by atoms with E-state index in [2.05, 4.69) is 15.5 Å². The predicted octanol–water partition coefficient (Wildman–Crippen LogP) is 2.67. The molecule has 5 nitrogen and oxygen atoms in total. The first-order valence-electron chi connectivity index (χ1n) is 6.47. The molecule has 2 aromatic carbocycles. The molecule has 0 aliphatic carbocycles. The molecule has 0 saturated carbocycles. The number of nitrogens with two attached hydrogens (primary N) is 1. The maximum atomic E-state index is 14.1. The van der Waals surface area contributed by atoms with Crippen molar-refractivity contribution in [3.05, 3.63) is 53.3 Å². The molecule has 3 rings (SSSR count). The third-order valence-corrected chi connectivity index (χ3v) is 3.29. The lowest BCUT2D eigenvalue weighted by molar-refractivity contribution is 0.606. The molecule has 0 atom stereocenters. The number of tetrazole rings is 1. The minimum absolute atomic E-state index is 0.317. The predicted molar refractivity (Wildman–Crippen MR) is 78.4 cm³/mol. The molecule has 0 radical (unpaired) electrons. The van der Waals surface area contributed by atoms with Crippen molar-refractivity contribution in [2.75, 3.05) is 5.73 Å². The summed E-state index contributed by atoms with van der Waals surface area (Å²) in [6.07, 6.45) is 0. The average molecular weight is 283 g/mol. The molecule has 0 saturated heterocycles. The Balaban J connectivity index is 2.17. The van der Waals surface area contributed by atoms with Crippen molar-refractivity contribution in [3.8, 4) is 17.1 Å². The molecule has 0 bridgehead atoms. The van der Waals surface area contributed by atoms with Crippen LogP contribution in [0, 0.1) is 19.7 Å². The van der Waals surface area contributed by atoms with Gasteiger partial charge in [0.15, 0.2) is 5.82 Å². The normalized spacial score (nSPS) is 10.8. The van der Waals surface area contributed by atoms with E-state index in [1.165, 1.54) is 10.7 Å². The van der Waals surface area contributed by atoms with E-state index in [9.17, 15) is 4.39 Å². The van der Waals surface area contributed by atoms with Crippen molar-refractivity contribution in [1.29, 1.82) is 0 Å². The second-order valence-electron chi connectivity index (χ2n) is 4.94. The quantitative estimate of drug-likeness (QED) is 0.734. The fourth-order valence-electron chi connectivity index (χ4n) is 2.24. The highest BCUT2D eigenvalue weighted by atomic mass is 19.1. The minimum atomic E-state index is -0.364. The number of nitrogens with zero attached hydrogens (tertiary/aromatic N) is 4. The van der Waals surface area contributed by atoms with Crippen molar-refractivity contribution >= 4 is 5.69 Å². The number of benzene rings is 2. The van der Waals surface area contributed by atoms with Gasteiger partial charge in [-0.15, -0.1) is 5.10 Å². The van der Waals surface area contributed by atoms with Gasteiger partial charge in [0, 0.05) is 11.3 Å². The van der Waals surface area contributed by atoms with Crippen LogP contribution in [0.25, 0.3) is 17.1 Å². The van der Waals surface area contributed by atoms with Crippen molar-refractivity contribution < 1.29 is 4.39 Å². The number of anilines is 1.